The van der Waals surface area contributed by atoms with Crippen molar-refractivity contribution in [1.29, 1.82) is 0 Å². The first-order chi connectivity index (χ1) is 70.0. The molecule has 2 aliphatic heterocycles. The van der Waals surface area contributed by atoms with E-state index in [1.165, 1.54) is 113 Å². The van der Waals surface area contributed by atoms with Gasteiger partial charge >= 0.3 is 59.4 Å². The van der Waals surface area contributed by atoms with Crippen molar-refractivity contribution in [2.75, 3.05) is 59.3 Å². The molecule has 4 atom stereocenters. The highest BCUT2D eigenvalue weighted by Gasteiger charge is 2.73. The Morgan fingerprint density at radius 3 is 0.797 bits per heavy atom. The molecule has 0 aromatic heterocycles. The molecule has 8 aromatic rings. The van der Waals surface area contributed by atoms with E-state index in [1.54, 1.807) is 4.90 Å². The normalized spacial score (nSPS) is 30.4. The minimum absolute atomic E-state index is 0. The van der Waals surface area contributed by atoms with Crippen LogP contribution in [0.3, 0.4) is 0 Å². The smallest absolute Gasteiger partial charge is 0.377 e. The molecule has 2 saturated heterocycles. The summed E-state index contributed by atoms with van der Waals surface area (Å²) in [6.07, 6.45) is 15.4. The van der Waals surface area contributed by atoms with Crippen LogP contribution in [-0.4, -0.2) is 153 Å². The van der Waals surface area contributed by atoms with Crippen molar-refractivity contribution in [2.24, 2.45) is 82.9 Å². The zero-order valence-corrected chi connectivity index (χ0v) is 86.9. The van der Waals surface area contributed by atoms with Crippen molar-refractivity contribution in [3.05, 3.63) is 230 Å². The molecule has 32 heteroatoms. The van der Waals surface area contributed by atoms with Crippen molar-refractivity contribution in [3.63, 3.8) is 0 Å². The van der Waals surface area contributed by atoms with E-state index in [0.717, 1.165) is 46.3 Å². The molecular weight excluding hydrogens is 1990 g/mol. The van der Waals surface area contributed by atoms with Crippen LogP contribution < -0.4 is 36.3 Å². The fraction of sp³-hybridized carbons (Fsp3) is 0.552. The van der Waals surface area contributed by atoms with Gasteiger partial charge in [0.15, 0.2) is 54.2 Å². The standard InChI is InChI=1S/2C38H39O4S.2C17H20F6O4.C6H15N.ClH/c2*1-38(30-21-28-20-29(23-30)24-31(38)22-28)42-37(39)26-41-32-14-12-27(13-15-32)25-40-33-16-18-36(19-17-33)43(34-8-4-2-5-9-34)35-10-6-3-7-11-35;2*1-13(18,19)12(24)27-14-4-9-2-10(5-14)17(11(3-9)6-14)25-7-15(20,21)16(22,23)8-26-17;1-4-7(5-2)6-3;/h2*2-19,28-31H,20-26H2,1H3;2*9-11H,2-8H2,1H3;4-6H2,1-3H3;1H/q2*+1;;;;. The number of quaternary nitrogens is 1. The SMILES string of the molecule is CC(F)(F)C(=O)OC12CC3CC(C1)C1(OCC(F)(F)C(F)(F)CO1)C(C3)C2.CC(F)(F)C(=O)OC12CC3CC(C1)C1(OCC(F)(F)C(F)(F)CO1)C(C3)C2.CC1(OC(=O)COc2ccc(COc3ccc([S+](c4ccccc4)c4ccccc4)cc3)cc2)C2CC3CC(C2)CC1C3.CC1(OC(=O)COc2ccc(COc3ccc([S+](c4ccccc4)c4ccccc4)cc3)cc2)C2CC3CC(C2)CC1C3.CC[NH+](CC)CC.[Cl-]. The second-order valence-electron chi connectivity index (χ2n) is 44.0. The van der Waals surface area contributed by atoms with Crippen molar-refractivity contribution in [2.45, 2.75) is 289 Å². The number of esters is 4. The maximum Gasteiger partial charge on any atom is 0.377 e. The Morgan fingerprint density at radius 2 is 0.554 bits per heavy atom. The molecule has 17 nitrogen and oxygen atoms in total. The molecule has 16 saturated carbocycles. The monoisotopic (exact) mass is 2120 g/mol. The van der Waals surface area contributed by atoms with E-state index < -0.39 is 120 Å². The molecule has 16 aliphatic carbocycles. The van der Waals surface area contributed by atoms with Gasteiger partial charge in [-0.1, -0.05) is 97.1 Å². The van der Waals surface area contributed by atoms with Crippen LogP contribution in [0.15, 0.2) is 248 Å². The van der Waals surface area contributed by atoms with Crippen molar-refractivity contribution in [1.82, 2.24) is 0 Å². The van der Waals surface area contributed by atoms with E-state index in [0.29, 0.717) is 101 Å². The third-order valence-corrected chi connectivity index (χ3v) is 38.4. The molecular formula is C116H134ClF12NO16S2+2. The van der Waals surface area contributed by atoms with Crippen LogP contribution in [0, 0.1) is 82.9 Å². The number of halogens is 13. The Hall–Kier alpha value is -9.21. The predicted molar refractivity (Wildman–Crippen MR) is 526 cm³/mol. The zero-order chi connectivity index (χ0) is 104. The minimum Gasteiger partial charge on any atom is -1.00 e. The van der Waals surface area contributed by atoms with Gasteiger partial charge in [-0.3, -0.25) is 0 Å². The lowest BCUT2D eigenvalue weighted by molar-refractivity contribution is -0.894. The van der Waals surface area contributed by atoms with Crippen LogP contribution in [0.4, 0.5) is 52.7 Å². The average molecular weight is 2130 g/mol. The Balaban J connectivity index is 0.000000134. The van der Waals surface area contributed by atoms with E-state index in [-0.39, 0.29) is 108 Å². The van der Waals surface area contributed by atoms with Gasteiger partial charge in [0, 0.05) is 37.5 Å². The van der Waals surface area contributed by atoms with Crippen LogP contribution >= 0.6 is 0 Å². The van der Waals surface area contributed by atoms with Gasteiger partial charge in [0.25, 0.3) is 0 Å². The zero-order valence-electron chi connectivity index (χ0n) is 84.5. The lowest BCUT2D eigenvalue weighted by Gasteiger charge is -2.63. The van der Waals surface area contributed by atoms with E-state index in [2.05, 4.69) is 180 Å². The molecule has 8 aromatic carbocycles. The van der Waals surface area contributed by atoms with Gasteiger partial charge < -0.3 is 74.1 Å². The van der Waals surface area contributed by atoms with Gasteiger partial charge in [-0.2, -0.15) is 52.7 Å². The van der Waals surface area contributed by atoms with E-state index >= 15 is 0 Å². The van der Waals surface area contributed by atoms with Gasteiger partial charge in [-0.15, -0.1) is 0 Å². The first kappa shape index (κ1) is 110. The second kappa shape index (κ2) is 44.5. The summed E-state index contributed by atoms with van der Waals surface area (Å²) < 4.78 is 230. The first-order valence-electron chi connectivity index (χ1n) is 52.1. The fourth-order valence-corrected chi connectivity index (χ4v) is 31.2. The van der Waals surface area contributed by atoms with E-state index in [4.69, 9.17) is 56.8 Å². The number of alkyl halides is 12. The van der Waals surface area contributed by atoms with Crippen LogP contribution in [0.2, 0.25) is 0 Å². The molecule has 26 rings (SSSR count). The van der Waals surface area contributed by atoms with E-state index in [1.807, 2.05) is 72.8 Å². The Bertz CT molecular complexity index is 5240. The lowest BCUT2D eigenvalue weighted by atomic mass is 9.50. The molecule has 16 bridgehead atoms. The maximum atomic E-state index is 13.7. The van der Waals surface area contributed by atoms with E-state index in [9.17, 15) is 71.9 Å². The third kappa shape index (κ3) is 23.9. The van der Waals surface area contributed by atoms with Crippen LogP contribution in [0.5, 0.6) is 23.0 Å². The molecule has 18 aliphatic rings. The molecule has 0 amide bonds. The molecule has 18 fully saturated rings. The second-order valence-corrected chi connectivity index (χ2v) is 48.1. The van der Waals surface area contributed by atoms with Gasteiger partial charge in [0.05, 0.1) is 41.4 Å². The van der Waals surface area contributed by atoms with Crippen LogP contribution in [0.1, 0.15) is 188 Å². The van der Waals surface area contributed by atoms with Crippen LogP contribution in [-0.2, 0) is 92.1 Å². The Labute approximate surface area is 870 Å². The largest absolute Gasteiger partial charge is 1.00 e. The molecule has 800 valence electrons. The molecule has 2 spiro atoms. The number of carbonyl (C=O) groups is 4. The summed E-state index contributed by atoms with van der Waals surface area (Å²) in [5, 5.41) is 0. The third-order valence-electron chi connectivity index (χ3n) is 34.0. The first-order valence-corrected chi connectivity index (χ1v) is 54.6. The minimum atomic E-state index is -4.36. The summed E-state index contributed by atoms with van der Waals surface area (Å²) >= 11 is 0. The van der Waals surface area contributed by atoms with Crippen LogP contribution in [0.25, 0.3) is 0 Å². The molecule has 2 heterocycles. The van der Waals surface area contributed by atoms with Gasteiger partial charge in [0.2, 0.25) is 0 Å². The number of hydrogen-bond donors (Lipinski definition) is 1. The quantitative estimate of drug-likeness (QED) is 0.0222. The molecule has 0 radical (unpaired) electrons. The predicted octanol–water partition coefficient (Wildman–Crippen LogP) is 21.5. The number of nitrogens with one attached hydrogen (secondary N) is 1. The summed E-state index contributed by atoms with van der Waals surface area (Å²) in [6.45, 7) is 10.6. The lowest BCUT2D eigenvalue weighted by Crippen LogP contribution is -3.11. The highest BCUT2D eigenvalue weighted by atomic mass is 35.5. The Morgan fingerprint density at radius 1 is 0.318 bits per heavy atom. The summed E-state index contributed by atoms with van der Waals surface area (Å²) in [7, 11) is -0.359. The highest BCUT2D eigenvalue weighted by Crippen LogP contribution is 2.68. The van der Waals surface area contributed by atoms with Crippen molar-refractivity contribution in [3.8, 4) is 23.0 Å². The highest BCUT2D eigenvalue weighted by molar-refractivity contribution is 7.97. The molecule has 148 heavy (non-hydrogen) atoms. The fourth-order valence-electron chi connectivity index (χ4n) is 27.0. The summed E-state index contributed by atoms with van der Waals surface area (Å²) in [6, 6.07) is 74.9. The van der Waals surface area contributed by atoms with Gasteiger partial charge in [0.1, 0.15) is 85.0 Å². The summed E-state index contributed by atoms with van der Waals surface area (Å²) in [5.41, 5.74) is -0.873. The number of ether oxygens (including phenoxy) is 12. The number of hydrogen-bond acceptors (Lipinski definition) is 16. The average Bonchev–Trinajstić information content (AvgIpc) is 1.30. The summed E-state index contributed by atoms with van der Waals surface area (Å²) in [5.74, 6) is -25.6. The van der Waals surface area contributed by atoms with Gasteiger partial charge in [-0.25, -0.2) is 19.2 Å². The maximum absolute atomic E-state index is 13.7. The number of rotatable bonds is 27. The van der Waals surface area contributed by atoms with Gasteiger partial charge in [-0.05, 0) is 355 Å². The Kier molecular flexibility index (Phi) is 33.0. The summed E-state index contributed by atoms with van der Waals surface area (Å²) in [4.78, 5) is 58.4. The number of carbonyl (C=O) groups excluding carboxylic acids is 4. The molecule has 4 unspecified atom stereocenters. The van der Waals surface area contributed by atoms with Crippen molar-refractivity contribution >= 4 is 45.7 Å². The topological polar surface area (TPSA) is 183 Å². The molecule has 1 N–H and O–H groups in total. The number of benzene rings is 8. The van der Waals surface area contributed by atoms with Crippen molar-refractivity contribution < 1.29 is 146 Å².